The van der Waals surface area contributed by atoms with Crippen LogP contribution in [-0.4, -0.2) is 42.1 Å². The van der Waals surface area contributed by atoms with Crippen molar-refractivity contribution in [3.63, 3.8) is 0 Å². The van der Waals surface area contributed by atoms with Crippen molar-refractivity contribution in [1.82, 2.24) is 4.98 Å². The summed E-state index contributed by atoms with van der Waals surface area (Å²) < 4.78 is 5.39. The number of ether oxygens (including phenoxy) is 1. The zero-order chi connectivity index (χ0) is 18.1. The fraction of sp³-hybridized carbons (Fsp3) is 0.250. The minimum absolute atomic E-state index is 0.108. The van der Waals surface area contributed by atoms with Crippen molar-refractivity contribution in [2.24, 2.45) is 4.99 Å². The first-order valence-electron chi connectivity index (χ1n) is 8.70. The van der Waals surface area contributed by atoms with Gasteiger partial charge in [-0.05, 0) is 49.4 Å². The second-order valence-corrected chi connectivity index (χ2v) is 6.47. The van der Waals surface area contributed by atoms with Crippen LogP contribution in [0.2, 0.25) is 0 Å². The highest BCUT2D eigenvalue weighted by Crippen LogP contribution is 2.30. The van der Waals surface area contributed by atoms with Gasteiger partial charge in [0.25, 0.3) is 0 Å². The number of aliphatic imine (C=N–C) groups is 1. The van der Waals surface area contributed by atoms with Crippen LogP contribution in [0, 0.1) is 0 Å². The first-order chi connectivity index (χ1) is 12.6. The van der Waals surface area contributed by atoms with Crippen LogP contribution < -0.4 is 10.6 Å². The Hall–Kier alpha value is -2.99. The molecule has 0 bridgehead atoms. The quantitative estimate of drug-likeness (QED) is 0.499. The normalized spacial score (nSPS) is 15.6. The van der Waals surface area contributed by atoms with E-state index >= 15 is 0 Å². The summed E-state index contributed by atoms with van der Waals surface area (Å²) in [4.78, 5) is 9.96. The van der Waals surface area contributed by atoms with Gasteiger partial charge >= 0.3 is 0 Å². The first-order valence-corrected chi connectivity index (χ1v) is 8.70. The molecule has 0 saturated carbocycles. The molecule has 0 unspecified atom stereocenters. The smallest absolute Gasteiger partial charge is 0.198 e. The van der Waals surface area contributed by atoms with Crippen molar-refractivity contribution < 1.29 is 9.84 Å². The fourth-order valence-electron chi connectivity index (χ4n) is 3.37. The maximum absolute atomic E-state index is 10.3. The number of nitrogens with zero attached hydrogens (tertiary/aromatic N) is 2. The predicted octanol–water partition coefficient (Wildman–Crippen LogP) is 3.43. The van der Waals surface area contributed by atoms with Crippen molar-refractivity contribution in [3.05, 3.63) is 48.0 Å². The Bertz CT molecular complexity index is 954. The highest BCUT2D eigenvalue weighted by Gasteiger charge is 2.14. The molecular formula is C20H22N4O2. The maximum Gasteiger partial charge on any atom is 0.198 e. The molecule has 1 aliphatic rings. The zero-order valence-corrected chi connectivity index (χ0v) is 14.7. The summed E-state index contributed by atoms with van der Waals surface area (Å²) in [6.45, 7) is 5.24. The lowest BCUT2D eigenvalue weighted by molar-refractivity contribution is 0.122. The van der Waals surface area contributed by atoms with E-state index in [1.54, 1.807) is 6.07 Å². The van der Waals surface area contributed by atoms with Gasteiger partial charge in [0.2, 0.25) is 0 Å². The Morgan fingerprint density at radius 2 is 1.88 bits per heavy atom. The number of benzene rings is 2. The fourth-order valence-corrected chi connectivity index (χ4v) is 3.37. The third-order valence-corrected chi connectivity index (χ3v) is 4.69. The second kappa shape index (κ2) is 6.72. The van der Waals surface area contributed by atoms with E-state index in [1.807, 2.05) is 31.2 Å². The van der Waals surface area contributed by atoms with Gasteiger partial charge in [0.15, 0.2) is 5.88 Å². The monoisotopic (exact) mass is 350 g/mol. The summed E-state index contributed by atoms with van der Waals surface area (Å²) in [6.07, 6.45) is 0. The molecule has 0 amide bonds. The Balaban J connectivity index is 1.64. The molecule has 1 saturated heterocycles. The van der Waals surface area contributed by atoms with E-state index in [0.29, 0.717) is 11.3 Å². The molecule has 134 valence electrons. The Morgan fingerprint density at radius 3 is 2.62 bits per heavy atom. The molecule has 26 heavy (non-hydrogen) atoms. The van der Waals surface area contributed by atoms with Crippen LogP contribution >= 0.6 is 0 Å². The molecule has 0 radical (unpaired) electrons. The molecule has 1 fully saturated rings. The van der Waals surface area contributed by atoms with Crippen LogP contribution in [0.15, 0.2) is 47.5 Å². The molecule has 6 nitrogen and oxygen atoms in total. The zero-order valence-electron chi connectivity index (χ0n) is 14.7. The lowest BCUT2D eigenvalue weighted by Gasteiger charge is -2.28. The minimum atomic E-state index is 0.108. The van der Waals surface area contributed by atoms with E-state index in [9.17, 15) is 5.11 Å². The highest BCUT2D eigenvalue weighted by atomic mass is 16.5. The molecule has 3 aromatic rings. The van der Waals surface area contributed by atoms with Gasteiger partial charge in [-0.2, -0.15) is 0 Å². The number of hydrogen-bond donors (Lipinski definition) is 3. The average Bonchev–Trinajstić information content (AvgIpc) is 2.98. The van der Waals surface area contributed by atoms with Crippen LogP contribution in [0.1, 0.15) is 12.5 Å². The van der Waals surface area contributed by atoms with Gasteiger partial charge in [-0.1, -0.05) is 0 Å². The van der Waals surface area contributed by atoms with E-state index in [0.717, 1.165) is 48.6 Å². The molecule has 0 spiro atoms. The van der Waals surface area contributed by atoms with Crippen molar-refractivity contribution in [2.45, 2.75) is 6.92 Å². The molecule has 1 aromatic heterocycles. The third-order valence-electron chi connectivity index (χ3n) is 4.69. The molecule has 0 aliphatic carbocycles. The van der Waals surface area contributed by atoms with E-state index < -0.39 is 0 Å². The lowest BCUT2D eigenvalue weighted by Crippen LogP contribution is -2.36. The number of nitrogens with two attached hydrogens (primary N) is 1. The third kappa shape index (κ3) is 3.11. The van der Waals surface area contributed by atoms with Crippen LogP contribution in [-0.2, 0) is 4.74 Å². The van der Waals surface area contributed by atoms with E-state index in [4.69, 9.17) is 10.5 Å². The Labute approximate surface area is 151 Å². The number of fused-ring (bicyclic) bond motifs is 1. The summed E-state index contributed by atoms with van der Waals surface area (Å²) in [5, 5.41) is 11.2. The number of nitrogens with one attached hydrogen (secondary N) is 1. The van der Waals surface area contributed by atoms with E-state index in [2.05, 4.69) is 27.0 Å². The molecule has 4 N–H and O–H groups in total. The first kappa shape index (κ1) is 16.5. The predicted molar refractivity (Wildman–Crippen MR) is 106 cm³/mol. The summed E-state index contributed by atoms with van der Waals surface area (Å²) in [5.41, 5.74) is 10.8. The molecule has 1 aliphatic heterocycles. The van der Waals surface area contributed by atoms with Crippen LogP contribution in [0.4, 0.5) is 17.1 Å². The summed E-state index contributed by atoms with van der Waals surface area (Å²) in [5.74, 6) is 0.108. The average molecular weight is 350 g/mol. The van der Waals surface area contributed by atoms with Gasteiger partial charge in [-0.25, -0.2) is 0 Å². The number of hydrogen-bond acceptors (Lipinski definition) is 5. The standard InChI is InChI=1S/C20H22N4O2/c1-13(19-17-12-14(21)2-7-18(17)23-20(19)25)22-15-3-5-16(6-4-15)24-8-10-26-11-9-24/h2-7,12,23,25H,8-11,21H2,1H3. The van der Waals surface area contributed by atoms with Gasteiger partial charge in [0.1, 0.15) is 0 Å². The SMILES string of the molecule is CC(=Nc1ccc(N2CCOCC2)cc1)c1c(O)[nH]c2ccc(N)cc12. The summed E-state index contributed by atoms with van der Waals surface area (Å²) in [6, 6.07) is 13.6. The lowest BCUT2D eigenvalue weighted by atomic mass is 10.1. The number of morpholine rings is 1. The van der Waals surface area contributed by atoms with Crippen molar-refractivity contribution in [2.75, 3.05) is 36.9 Å². The molecular weight excluding hydrogens is 328 g/mol. The van der Waals surface area contributed by atoms with E-state index in [-0.39, 0.29) is 5.88 Å². The van der Waals surface area contributed by atoms with Gasteiger partial charge in [0.05, 0.1) is 30.2 Å². The summed E-state index contributed by atoms with van der Waals surface area (Å²) in [7, 11) is 0. The maximum atomic E-state index is 10.3. The number of aromatic amines is 1. The number of aromatic nitrogens is 1. The van der Waals surface area contributed by atoms with Gasteiger partial charge < -0.3 is 25.5 Å². The van der Waals surface area contributed by atoms with Crippen LogP contribution in [0.5, 0.6) is 5.88 Å². The molecule has 2 aromatic carbocycles. The number of aromatic hydroxyl groups is 1. The number of H-pyrrole nitrogens is 1. The van der Waals surface area contributed by atoms with Crippen LogP contribution in [0.25, 0.3) is 10.9 Å². The number of anilines is 2. The largest absolute Gasteiger partial charge is 0.494 e. The van der Waals surface area contributed by atoms with Crippen molar-refractivity contribution in [3.8, 4) is 5.88 Å². The topological polar surface area (TPSA) is 86.9 Å². The molecule has 0 atom stereocenters. The highest BCUT2D eigenvalue weighted by molar-refractivity contribution is 6.13. The van der Waals surface area contributed by atoms with Crippen LogP contribution in [0.3, 0.4) is 0 Å². The van der Waals surface area contributed by atoms with Crippen molar-refractivity contribution >= 4 is 33.7 Å². The second-order valence-electron chi connectivity index (χ2n) is 6.47. The minimum Gasteiger partial charge on any atom is -0.494 e. The van der Waals surface area contributed by atoms with E-state index in [1.165, 1.54) is 5.69 Å². The Kier molecular flexibility index (Phi) is 4.26. The van der Waals surface area contributed by atoms with Crippen molar-refractivity contribution in [1.29, 1.82) is 0 Å². The van der Waals surface area contributed by atoms with Gasteiger partial charge in [-0.15, -0.1) is 0 Å². The number of nitrogen functional groups attached to an aromatic ring is 1. The molecule has 2 heterocycles. The van der Waals surface area contributed by atoms with Gasteiger partial charge in [-0.3, -0.25) is 4.99 Å². The summed E-state index contributed by atoms with van der Waals surface area (Å²) >= 11 is 0. The van der Waals surface area contributed by atoms with Gasteiger partial charge in [0, 0.05) is 35.4 Å². The molecule has 4 rings (SSSR count). The Morgan fingerprint density at radius 1 is 1.15 bits per heavy atom. The number of rotatable bonds is 3. The molecule has 6 heteroatoms.